The normalized spacial score (nSPS) is 10.1. The van der Waals surface area contributed by atoms with E-state index in [1.54, 1.807) is 38.4 Å². The lowest BCUT2D eigenvalue weighted by Crippen LogP contribution is -2.16. The number of amides is 2. The summed E-state index contributed by atoms with van der Waals surface area (Å²) in [6.45, 7) is 0. The fourth-order valence-corrected chi connectivity index (χ4v) is 2.85. The highest BCUT2D eigenvalue weighted by Gasteiger charge is 2.24. The predicted octanol–water partition coefficient (Wildman–Crippen LogP) is 3.64. The highest BCUT2D eigenvalue weighted by atomic mass is 32.2. The lowest BCUT2D eigenvalue weighted by Gasteiger charge is -2.11. The zero-order chi connectivity index (χ0) is 20.8. The molecule has 0 saturated carbocycles. The first kappa shape index (κ1) is 21.0. The SMILES string of the molecule is COc1cc(C(=O)Nc2ccc(SC(=O)N(C)C)cc2)c([N+](=O)[O-])cc1OC. The van der Waals surface area contributed by atoms with Crippen LogP contribution in [0.5, 0.6) is 11.5 Å². The number of nitrogens with one attached hydrogen (secondary N) is 1. The molecular formula is C18H19N3O6S. The van der Waals surface area contributed by atoms with Gasteiger partial charge >= 0.3 is 0 Å². The van der Waals surface area contributed by atoms with Crippen LogP contribution in [0.15, 0.2) is 41.3 Å². The molecule has 0 aliphatic rings. The van der Waals surface area contributed by atoms with Crippen LogP contribution in [0.1, 0.15) is 10.4 Å². The zero-order valence-electron chi connectivity index (χ0n) is 15.7. The van der Waals surface area contributed by atoms with Gasteiger partial charge in [-0.15, -0.1) is 0 Å². The van der Waals surface area contributed by atoms with E-state index in [1.807, 2.05) is 0 Å². The van der Waals surface area contributed by atoms with Crippen LogP contribution in [0.3, 0.4) is 0 Å². The van der Waals surface area contributed by atoms with E-state index in [-0.39, 0.29) is 22.3 Å². The first-order valence-corrected chi connectivity index (χ1v) is 8.79. The van der Waals surface area contributed by atoms with Crippen molar-refractivity contribution in [2.24, 2.45) is 0 Å². The third-order valence-corrected chi connectivity index (χ3v) is 4.67. The average Bonchev–Trinajstić information content (AvgIpc) is 2.67. The van der Waals surface area contributed by atoms with Gasteiger partial charge in [0.05, 0.1) is 25.2 Å². The number of ether oxygens (including phenoxy) is 2. The summed E-state index contributed by atoms with van der Waals surface area (Å²) >= 11 is 1.05. The summed E-state index contributed by atoms with van der Waals surface area (Å²) in [4.78, 5) is 37.1. The summed E-state index contributed by atoms with van der Waals surface area (Å²) in [5, 5.41) is 13.8. The van der Waals surface area contributed by atoms with Crippen molar-refractivity contribution in [3.05, 3.63) is 52.1 Å². The summed E-state index contributed by atoms with van der Waals surface area (Å²) in [5.74, 6) is -0.317. The minimum absolute atomic E-state index is 0.127. The Balaban J connectivity index is 2.25. The minimum Gasteiger partial charge on any atom is -0.493 e. The van der Waals surface area contributed by atoms with Crippen molar-refractivity contribution in [1.29, 1.82) is 0 Å². The molecule has 1 N–H and O–H groups in total. The molecule has 2 amide bonds. The Kier molecular flexibility index (Phi) is 6.83. The molecular weight excluding hydrogens is 386 g/mol. The van der Waals surface area contributed by atoms with Gasteiger partial charge in [-0.3, -0.25) is 19.7 Å². The van der Waals surface area contributed by atoms with E-state index in [9.17, 15) is 19.7 Å². The van der Waals surface area contributed by atoms with Crippen LogP contribution in [0.25, 0.3) is 0 Å². The van der Waals surface area contributed by atoms with Gasteiger partial charge in [-0.1, -0.05) is 0 Å². The molecule has 0 spiro atoms. The zero-order valence-corrected chi connectivity index (χ0v) is 16.5. The summed E-state index contributed by atoms with van der Waals surface area (Å²) in [5.41, 5.74) is -0.140. The first-order chi connectivity index (χ1) is 13.3. The van der Waals surface area contributed by atoms with E-state index in [0.29, 0.717) is 10.6 Å². The van der Waals surface area contributed by atoms with Crippen molar-refractivity contribution in [1.82, 2.24) is 4.90 Å². The van der Waals surface area contributed by atoms with Gasteiger partial charge in [-0.25, -0.2) is 0 Å². The Bertz CT molecular complexity index is 899. The van der Waals surface area contributed by atoms with E-state index in [1.165, 1.54) is 25.2 Å². The molecule has 0 atom stereocenters. The van der Waals surface area contributed by atoms with Crippen molar-refractivity contribution in [3.8, 4) is 11.5 Å². The second-order valence-corrected chi connectivity index (χ2v) is 6.75. The van der Waals surface area contributed by atoms with Gasteiger partial charge < -0.3 is 19.7 Å². The maximum absolute atomic E-state index is 12.6. The van der Waals surface area contributed by atoms with Crippen LogP contribution in [0, 0.1) is 10.1 Å². The van der Waals surface area contributed by atoms with E-state index >= 15 is 0 Å². The van der Waals surface area contributed by atoms with Gasteiger partial charge in [0.15, 0.2) is 11.5 Å². The lowest BCUT2D eigenvalue weighted by molar-refractivity contribution is -0.385. The largest absolute Gasteiger partial charge is 0.493 e. The van der Waals surface area contributed by atoms with Crippen molar-refractivity contribution < 1.29 is 24.0 Å². The number of carbonyl (C=O) groups excluding carboxylic acids is 2. The van der Waals surface area contributed by atoms with Crippen LogP contribution < -0.4 is 14.8 Å². The average molecular weight is 405 g/mol. The molecule has 0 bridgehead atoms. The molecule has 0 aliphatic heterocycles. The van der Waals surface area contributed by atoms with Crippen molar-refractivity contribution in [2.45, 2.75) is 4.90 Å². The maximum atomic E-state index is 12.6. The molecule has 28 heavy (non-hydrogen) atoms. The number of thioether (sulfide) groups is 1. The van der Waals surface area contributed by atoms with Crippen LogP contribution >= 0.6 is 11.8 Å². The highest BCUT2D eigenvalue weighted by Crippen LogP contribution is 2.35. The van der Waals surface area contributed by atoms with Gasteiger partial charge in [0.2, 0.25) is 0 Å². The molecule has 2 aromatic carbocycles. The van der Waals surface area contributed by atoms with Crippen LogP contribution in [0.4, 0.5) is 16.2 Å². The highest BCUT2D eigenvalue weighted by molar-refractivity contribution is 8.13. The summed E-state index contributed by atoms with van der Waals surface area (Å²) < 4.78 is 10.2. The standard InChI is InChI=1S/C18H19N3O6S/c1-20(2)18(23)28-12-7-5-11(6-8-12)19-17(22)13-9-15(26-3)16(27-4)10-14(13)21(24)25/h5-10H,1-4H3,(H,19,22). The van der Waals surface area contributed by atoms with E-state index in [4.69, 9.17) is 9.47 Å². The number of hydrogen-bond donors (Lipinski definition) is 1. The topological polar surface area (TPSA) is 111 Å². The van der Waals surface area contributed by atoms with Crippen molar-refractivity contribution >= 4 is 34.3 Å². The molecule has 148 valence electrons. The van der Waals surface area contributed by atoms with Gasteiger partial charge in [-0.2, -0.15) is 0 Å². The summed E-state index contributed by atoms with van der Waals surface area (Å²) in [6, 6.07) is 8.95. The molecule has 9 nitrogen and oxygen atoms in total. The Labute approximate surface area is 165 Å². The molecule has 2 rings (SSSR count). The van der Waals surface area contributed by atoms with Gasteiger partial charge in [0.1, 0.15) is 5.56 Å². The molecule has 0 heterocycles. The van der Waals surface area contributed by atoms with Crippen LogP contribution in [-0.4, -0.2) is 49.3 Å². The smallest absolute Gasteiger partial charge is 0.286 e. The molecule has 2 aromatic rings. The predicted molar refractivity (Wildman–Crippen MR) is 106 cm³/mol. The van der Waals surface area contributed by atoms with Crippen LogP contribution in [0.2, 0.25) is 0 Å². The second-order valence-electron chi connectivity index (χ2n) is 5.72. The number of carbonyl (C=O) groups is 2. The van der Waals surface area contributed by atoms with Gasteiger partial charge in [0.25, 0.3) is 16.8 Å². The molecule has 0 aliphatic carbocycles. The summed E-state index contributed by atoms with van der Waals surface area (Å²) in [7, 11) is 6.03. The Hall–Kier alpha value is -3.27. The number of benzene rings is 2. The lowest BCUT2D eigenvalue weighted by atomic mass is 10.1. The number of anilines is 1. The van der Waals surface area contributed by atoms with E-state index in [2.05, 4.69) is 5.32 Å². The monoisotopic (exact) mass is 405 g/mol. The first-order valence-electron chi connectivity index (χ1n) is 7.97. The third-order valence-electron chi connectivity index (χ3n) is 3.63. The molecule has 0 unspecified atom stereocenters. The third kappa shape index (κ3) is 4.92. The fraction of sp³-hybridized carbons (Fsp3) is 0.222. The Morgan fingerprint density at radius 1 is 1.07 bits per heavy atom. The molecule has 0 saturated heterocycles. The number of nitro groups is 1. The molecule has 0 fully saturated rings. The van der Waals surface area contributed by atoms with E-state index in [0.717, 1.165) is 17.8 Å². The Morgan fingerprint density at radius 3 is 2.14 bits per heavy atom. The maximum Gasteiger partial charge on any atom is 0.286 e. The molecule has 0 radical (unpaired) electrons. The quantitative estimate of drug-likeness (QED) is 0.444. The minimum atomic E-state index is -0.669. The fourth-order valence-electron chi connectivity index (χ4n) is 2.20. The number of nitro benzene ring substituents is 1. The van der Waals surface area contributed by atoms with Crippen molar-refractivity contribution in [3.63, 3.8) is 0 Å². The molecule has 10 heteroatoms. The second kappa shape index (κ2) is 9.09. The molecule has 0 aromatic heterocycles. The van der Waals surface area contributed by atoms with E-state index < -0.39 is 16.5 Å². The van der Waals surface area contributed by atoms with Crippen LogP contribution in [-0.2, 0) is 0 Å². The number of hydrogen-bond acceptors (Lipinski definition) is 7. The van der Waals surface area contributed by atoms with Crippen molar-refractivity contribution in [2.75, 3.05) is 33.6 Å². The Morgan fingerprint density at radius 2 is 1.64 bits per heavy atom. The number of rotatable bonds is 6. The number of methoxy groups -OCH3 is 2. The number of nitrogens with zero attached hydrogens (tertiary/aromatic N) is 2. The van der Waals surface area contributed by atoms with Gasteiger partial charge in [-0.05, 0) is 36.0 Å². The van der Waals surface area contributed by atoms with Gasteiger partial charge in [0, 0.05) is 30.7 Å². The summed E-state index contributed by atoms with van der Waals surface area (Å²) in [6.07, 6.45) is 0.